The van der Waals surface area contributed by atoms with Crippen molar-refractivity contribution in [3.8, 4) is 5.75 Å². The average molecular weight is 266 g/mol. The van der Waals surface area contributed by atoms with Crippen LogP contribution in [0.25, 0.3) is 0 Å². The molecule has 2 aromatic rings. The van der Waals surface area contributed by atoms with Gasteiger partial charge >= 0.3 is 0 Å². The number of carbonyl (C=O) groups excluding carboxylic acids is 1. The van der Waals surface area contributed by atoms with Crippen molar-refractivity contribution < 1.29 is 14.3 Å². The molecule has 0 aliphatic heterocycles. The highest BCUT2D eigenvalue weighted by atomic mass is 35.5. The maximum absolute atomic E-state index is 12.1. The maximum atomic E-state index is 12.1. The normalized spacial score (nSPS) is 10.3. The first-order chi connectivity index (χ1) is 8.58. The lowest BCUT2D eigenvalue weighted by Gasteiger charge is -2.16. The Bertz CT molecular complexity index is 551. The van der Waals surface area contributed by atoms with Crippen molar-refractivity contribution in [2.24, 2.45) is 0 Å². The van der Waals surface area contributed by atoms with E-state index in [1.165, 1.54) is 17.0 Å². The summed E-state index contributed by atoms with van der Waals surface area (Å²) in [7, 11) is 1.64. The maximum Gasteiger partial charge on any atom is 0.257 e. The molecule has 1 aromatic heterocycles. The second-order valence-electron chi connectivity index (χ2n) is 3.90. The van der Waals surface area contributed by atoms with Crippen LogP contribution in [-0.2, 0) is 6.54 Å². The molecule has 5 heteroatoms. The Morgan fingerprint density at radius 2 is 2.22 bits per heavy atom. The third-order valence-corrected chi connectivity index (χ3v) is 2.75. The van der Waals surface area contributed by atoms with E-state index in [1.54, 1.807) is 31.5 Å². The SMILES string of the molecule is CN(Cc1ccco1)C(=O)c1ccc(Cl)cc1O. The van der Waals surface area contributed by atoms with Gasteiger partial charge in [0, 0.05) is 12.1 Å². The number of phenols is 1. The van der Waals surface area contributed by atoms with Gasteiger partial charge in [-0.1, -0.05) is 11.6 Å². The number of carbonyl (C=O) groups is 1. The Morgan fingerprint density at radius 3 is 2.83 bits per heavy atom. The van der Waals surface area contributed by atoms with Gasteiger partial charge in [-0.05, 0) is 30.3 Å². The number of aromatic hydroxyl groups is 1. The highest BCUT2D eigenvalue weighted by Gasteiger charge is 2.16. The van der Waals surface area contributed by atoms with E-state index in [0.717, 1.165) is 0 Å². The van der Waals surface area contributed by atoms with Gasteiger partial charge in [0.05, 0.1) is 18.4 Å². The van der Waals surface area contributed by atoms with E-state index in [4.69, 9.17) is 16.0 Å². The van der Waals surface area contributed by atoms with Crippen molar-refractivity contribution in [2.45, 2.75) is 6.54 Å². The van der Waals surface area contributed by atoms with E-state index in [0.29, 0.717) is 17.3 Å². The first-order valence-corrected chi connectivity index (χ1v) is 5.72. The Kier molecular flexibility index (Phi) is 3.58. The molecule has 0 atom stereocenters. The predicted molar refractivity (Wildman–Crippen MR) is 67.6 cm³/mol. The van der Waals surface area contributed by atoms with Gasteiger partial charge in [0.15, 0.2) is 0 Å². The van der Waals surface area contributed by atoms with E-state index < -0.39 is 0 Å². The van der Waals surface area contributed by atoms with Crippen LogP contribution in [0.1, 0.15) is 16.1 Å². The molecule has 0 saturated carbocycles. The summed E-state index contributed by atoms with van der Waals surface area (Å²) in [5.41, 5.74) is 0.216. The van der Waals surface area contributed by atoms with Crippen LogP contribution in [0, 0.1) is 0 Å². The highest BCUT2D eigenvalue weighted by molar-refractivity contribution is 6.30. The number of furan rings is 1. The van der Waals surface area contributed by atoms with Gasteiger partial charge in [-0.25, -0.2) is 0 Å². The van der Waals surface area contributed by atoms with Gasteiger partial charge in [0.2, 0.25) is 0 Å². The lowest BCUT2D eigenvalue weighted by molar-refractivity contribution is 0.0772. The van der Waals surface area contributed by atoms with Crippen LogP contribution in [0.15, 0.2) is 41.0 Å². The summed E-state index contributed by atoms with van der Waals surface area (Å²) >= 11 is 5.72. The van der Waals surface area contributed by atoms with Crippen LogP contribution in [-0.4, -0.2) is 23.0 Å². The number of benzene rings is 1. The van der Waals surface area contributed by atoms with Crippen molar-refractivity contribution in [2.75, 3.05) is 7.05 Å². The third-order valence-electron chi connectivity index (χ3n) is 2.51. The predicted octanol–water partition coefficient (Wildman–Crippen LogP) is 2.91. The number of nitrogens with zero attached hydrogens (tertiary/aromatic N) is 1. The molecule has 2 rings (SSSR count). The molecule has 1 aromatic carbocycles. The van der Waals surface area contributed by atoms with Crippen LogP contribution in [0.4, 0.5) is 0 Å². The molecular formula is C13H12ClNO3. The molecule has 94 valence electrons. The van der Waals surface area contributed by atoms with Gasteiger partial charge < -0.3 is 14.4 Å². The molecule has 4 nitrogen and oxygen atoms in total. The van der Waals surface area contributed by atoms with Gasteiger partial charge in [-0.3, -0.25) is 4.79 Å². The summed E-state index contributed by atoms with van der Waals surface area (Å²) < 4.78 is 5.16. The van der Waals surface area contributed by atoms with E-state index in [2.05, 4.69) is 0 Å². The molecule has 0 aliphatic rings. The van der Waals surface area contributed by atoms with Crippen molar-refractivity contribution in [1.29, 1.82) is 0 Å². The van der Waals surface area contributed by atoms with Crippen LogP contribution >= 0.6 is 11.6 Å². The Morgan fingerprint density at radius 1 is 1.44 bits per heavy atom. The smallest absolute Gasteiger partial charge is 0.257 e. The fourth-order valence-corrected chi connectivity index (χ4v) is 1.77. The summed E-state index contributed by atoms with van der Waals surface area (Å²) in [5, 5.41) is 10.1. The quantitative estimate of drug-likeness (QED) is 0.928. The number of amides is 1. The molecular weight excluding hydrogens is 254 g/mol. The molecule has 0 unspecified atom stereocenters. The lowest BCUT2D eigenvalue weighted by Crippen LogP contribution is -2.26. The molecule has 1 heterocycles. The molecule has 0 radical (unpaired) electrons. The van der Waals surface area contributed by atoms with Gasteiger partial charge in [0.25, 0.3) is 5.91 Å². The topological polar surface area (TPSA) is 53.7 Å². The number of halogens is 1. The van der Waals surface area contributed by atoms with E-state index in [-0.39, 0.29) is 17.2 Å². The Balaban J connectivity index is 2.15. The van der Waals surface area contributed by atoms with Crippen molar-refractivity contribution in [3.05, 3.63) is 52.9 Å². The molecule has 0 saturated heterocycles. The second kappa shape index (κ2) is 5.14. The monoisotopic (exact) mass is 265 g/mol. The minimum Gasteiger partial charge on any atom is -0.507 e. The van der Waals surface area contributed by atoms with E-state index >= 15 is 0 Å². The molecule has 0 aliphatic carbocycles. The summed E-state index contributed by atoms with van der Waals surface area (Å²) in [6.45, 7) is 0.341. The van der Waals surface area contributed by atoms with Crippen molar-refractivity contribution >= 4 is 17.5 Å². The zero-order valence-corrected chi connectivity index (χ0v) is 10.5. The molecule has 1 N–H and O–H groups in total. The van der Waals surface area contributed by atoms with Gasteiger partial charge in [-0.2, -0.15) is 0 Å². The standard InChI is InChI=1S/C13H12ClNO3/c1-15(8-10-3-2-6-18-10)13(17)11-5-4-9(14)7-12(11)16/h2-7,16H,8H2,1H3. The fourth-order valence-electron chi connectivity index (χ4n) is 1.60. The minimum atomic E-state index is -0.291. The van der Waals surface area contributed by atoms with Gasteiger partial charge in [0.1, 0.15) is 11.5 Å². The van der Waals surface area contributed by atoms with Crippen LogP contribution < -0.4 is 0 Å². The minimum absolute atomic E-state index is 0.126. The van der Waals surface area contributed by atoms with E-state index in [1.807, 2.05) is 0 Å². The second-order valence-corrected chi connectivity index (χ2v) is 4.34. The summed E-state index contributed by atoms with van der Waals surface area (Å²) in [4.78, 5) is 13.5. The molecule has 0 spiro atoms. The molecule has 1 amide bonds. The highest BCUT2D eigenvalue weighted by Crippen LogP contribution is 2.23. The summed E-state index contributed by atoms with van der Waals surface area (Å²) in [6, 6.07) is 7.95. The Labute approximate surface area is 109 Å². The van der Waals surface area contributed by atoms with Crippen LogP contribution in [0.5, 0.6) is 5.75 Å². The van der Waals surface area contributed by atoms with Crippen molar-refractivity contribution in [3.63, 3.8) is 0 Å². The first-order valence-electron chi connectivity index (χ1n) is 5.34. The van der Waals surface area contributed by atoms with Crippen molar-refractivity contribution in [1.82, 2.24) is 4.90 Å². The number of hydrogen-bond donors (Lipinski definition) is 1. The largest absolute Gasteiger partial charge is 0.507 e. The lowest BCUT2D eigenvalue weighted by atomic mass is 10.1. The Hall–Kier alpha value is -1.94. The first kappa shape index (κ1) is 12.5. The molecule has 0 fully saturated rings. The zero-order chi connectivity index (χ0) is 13.1. The summed E-state index contributed by atoms with van der Waals surface area (Å²) in [6.07, 6.45) is 1.55. The fraction of sp³-hybridized carbons (Fsp3) is 0.154. The van der Waals surface area contributed by atoms with Crippen LogP contribution in [0.3, 0.4) is 0 Å². The van der Waals surface area contributed by atoms with Gasteiger partial charge in [-0.15, -0.1) is 0 Å². The number of hydrogen-bond acceptors (Lipinski definition) is 3. The number of phenolic OH excluding ortho intramolecular Hbond substituents is 1. The third kappa shape index (κ3) is 2.65. The molecule has 0 bridgehead atoms. The van der Waals surface area contributed by atoms with E-state index in [9.17, 15) is 9.90 Å². The number of rotatable bonds is 3. The average Bonchev–Trinajstić information content (AvgIpc) is 2.81. The van der Waals surface area contributed by atoms with Crippen LogP contribution in [0.2, 0.25) is 5.02 Å². The molecule has 18 heavy (non-hydrogen) atoms. The summed E-state index contributed by atoms with van der Waals surface area (Å²) in [5.74, 6) is 0.263. The zero-order valence-electron chi connectivity index (χ0n) is 9.76.